The van der Waals surface area contributed by atoms with Crippen molar-refractivity contribution in [3.63, 3.8) is 0 Å². The molecule has 0 saturated carbocycles. The smallest absolute Gasteiger partial charge is 0.241 e. The number of primary sulfonamides is 1. The van der Waals surface area contributed by atoms with Crippen LogP contribution in [0, 0.1) is 0 Å². The molecule has 1 heterocycles. The maximum absolute atomic E-state index is 11.4. The first kappa shape index (κ1) is 14.1. The average Bonchev–Trinajstić information content (AvgIpc) is 2.26. The summed E-state index contributed by atoms with van der Waals surface area (Å²) in [5, 5.41) is 8.87. The molecule has 0 aliphatic carbocycles. The topological polar surface area (TPSA) is 85.1 Å². The maximum atomic E-state index is 11.4. The molecule has 0 bridgehead atoms. The third-order valence-corrected chi connectivity index (χ3v) is 3.61. The fraction of sp³-hybridized carbons (Fsp3) is 0. The Kier molecular flexibility index (Phi) is 3.96. The van der Waals surface area contributed by atoms with Gasteiger partial charge in [-0.25, -0.2) is 13.6 Å². The highest BCUT2D eigenvalue weighted by atomic mass is 35.5. The van der Waals surface area contributed by atoms with Gasteiger partial charge in [0.1, 0.15) is 4.90 Å². The van der Waals surface area contributed by atoms with Crippen LogP contribution in [-0.2, 0) is 10.0 Å². The van der Waals surface area contributed by atoms with Crippen LogP contribution < -0.4 is 10.5 Å². The van der Waals surface area contributed by atoms with Gasteiger partial charge in [0.15, 0.2) is 0 Å². The van der Waals surface area contributed by atoms with Crippen molar-refractivity contribution in [3.8, 4) is 0 Å². The monoisotopic (exact) mass is 317 g/mol. The molecule has 0 saturated heterocycles. The van der Waals surface area contributed by atoms with Crippen LogP contribution >= 0.6 is 23.2 Å². The summed E-state index contributed by atoms with van der Waals surface area (Å²) in [6.45, 7) is 0. The predicted molar refractivity (Wildman–Crippen MR) is 75.4 cm³/mol. The van der Waals surface area contributed by atoms with E-state index in [9.17, 15) is 8.42 Å². The Labute approximate surface area is 120 Å². The lowest BCUT2D eigenvalue weighted by Crippen LogP contribution is -2.14. The second-order valence-corrected chi connectivity index (χ2v) is 6.10. The number of nitrogens with two attached hydrogens (primary N) is 1. The van der Waals surface area contributed by atoms with Gasteiger partial charge in [-0.2, -0.15) is 0 Å². The lowest BCUT2D eigenvalue weighted by molar-refractivity contribution is 0.598. The van der Waals surface area contributed by atoms with Crippen molar-refractivity contribution in [2.45, 2.75) is 4.90 Å². The third-order valence-electron chi connectivity index (χ3n) is 2.23. The maximum Gasteiger partial charge on any atom is 0.241 e. The van der Waals surface area contributed by atoms with Gasteiger partial charge in [-0.3, -0.25) is 4.98 Å². The fourth-order valence-electron chi connectivity index (χ4n) is 1.49. The first-order valence-corrected chi connectivity index (χ1v) is 7.36. The van der Waals surface area contributed by atoms with E-state index in [-0.39, 0.29) is 4.90 Å². The molecular weight excluding hydrogens is 309 g/mol. The minimum absolute atomic E-state index is 0.105. The first-order chi connectivity index (χ1) is 8.86. The Balaban J connectivity index is 2.44. The molecule has 0 amide bonds. The van der Waals surface area contributed by atoms with Gasteiger partial charge in [-0.15, -0.1) is 0 Å². The van der Waals surface area contributed by atoms with E-state index in [1.807, 2.05) is 0 Å². The molecule has 0 fully saturated rings. The van der Waals surface area contributed by atoms with Crippen molar-refractivity contribution in [3.05, 3.63) is 46.7 Å². The number of pyridine rings is 1. The van der Waals surface area contributed by atoms with E-state index in [0.29, 0.717) is 21.4 Å². The number of nitrogens with zero attached hydrogens (tertiary/aromatic N) is 1. The minimum Gasteiger partial charge on any atom is -0.354 e. The molecular formula is C11H9Cl2N3O2S. The Hall–Kier alpha value is -1.34. The molecule has 100 valence electrons. The Morgan fingerprint density at radius 1 is 1.16 bits per heavy atom. The van der Waals surface area contributed by atoms with E-state index in [4.69, 9.17) is 28.3 Å². The van der Waals surface area contributed by atoms with Crippen molar-refractivity contribution in [2.75, 3.05) is 5.32 Å². The van der Waals surface area contributed by atoms with E-state index < -0.39 is 10.0 Å². The van der Waals surface area contributed by atoms with Crippen LogP contribution in [0.1, 0.15) is 0 Å². The third kappa shape index (κ3) is 3.57. The van der Waals surface area contributed by atoms with Gasteiger partial charge < -0.3 is 5.32 Å². The summed E-state index contributed by atoms with van der Waals surface area (Å²) in [6.07, 6.45) is 2.62. The molecule has 3 N–H and O–H groups in total. The van der Waals surface area contributed by atoms with Crippen molar-refractivity contribution in [1.82, 2.24) is 4.98 Å². The van der Waals surface area contributed by atoms with Gasteiger partial charge in [-0.05, 0) is 24.3 Å². The van der Waals surface area contributed by atoms with Crippen molar-refractivity contribution in [1.29, 1.82) is 0 Å². The number of rotatable bonds is 3. The molecule has 0 radical (unpaired) electrons. The van der Waals surface area contributed by atoms with E-state index >= 15 is 0 Å². The van der Waals surface area contributed by atoms with Crippen LogP contribution in [-0.4, -0.2) is 13.4 Å². The number of sulfonamides is 1. The number of benzene rings is 1. The van der Waals surface area contributed by atoms with Gasteiger partial charge in [0.25, 0.3) is 0 Å². The number of hydrogen-bond donors (Lipinski definition) is 2. The highest BCUT2D eigenvalue weighted by molar-refractivity contribution is 7.89. The number of anilines is 2. The highest BCUT2D eigenvalue weighted by Gasteiger charge is 2.14. The summed E-state index contributed by atoms with van der Waals surface area (Å²) < 4.78 is 22.8. The van der Waals surface area contributed by atoms with Crippen LogP contribution in [0.2, 0.25) is 10.0 Å². The van der Waals surface area contributed by atoms with E-state index in [1.54, 1.807) is 18.2 Å². The molecule has 0 unspecified atom stereocenters. The van der Waals surface area contributed by atoms with Gasteiger partial charge in [0, 0.05) is 28.1 Å². The number of hydrogen-bond acceptors (Lipinski definition) is 4. The van der Waals surface area contributed by atoms with Crippen LogP contribution in [0.25, 0.3) is 0 Å². The predicted octanol–water partition coefficient (Wildman–Crippen LogP) is 2.78. The van der Waals surface area contributed by atoms with Crippen LogP contribution in [0.4, 0.5) is 11.4 Å². The quantitative estimate of drug-likeness (QED) is 0.911. The standard InChI is InChI=1S/C11H9Cl2N3O2S/c12-7-3-8(13)5-9(4-7)16-10-1-2-15-6-11(10)19(14,17)18/h1-6H,(H,15,16)(H2,14,17,18). The molecule has 0 aliphatic heterocycles. The Morgan fingerprint density at radius 2 is 1.79 bits per heavy atom. The molecule has 0 spiro atoms. The summed E-state index contributed by atoms with van der Waals surface area (Å²) in [7, 11) is -3.86. The molecule has 1 aromatic carbocycles. The van der Waals surface area contributed by atoms with Gasteiger partial charge in [-0.1, -0.05) is 23.2 Å². The zero-order valence-corrected chi connectivity index (χ0v) is 11.8. The largest absolute Gasteiger partial charge is 0.354 e. The lowest BCUT2D eigenvalue weighted by Gasteiger charge is -2.10. The summed E-state index contributed by atoms with van der Waals surface area (Å²) >= 11 is 11.7. The Bertz CT molecular complexity index is 699. The van der Waals surface area contributed by atoms with Gasteiger partial charge >= 0.3 is 0 Å². The molecule has 0 atom stereocenters. The normalized spacial score (nSPS) is 11.3. The molecule has 19 heavy (non-hydrogen) atoms. The molecule has 2 rings (SSSR count). The van der Waals surface area contributed by atoms with Crippen molar-refractivity contribution < 1.29 is 8.42 Å². The van der Waals surface area contributed by atoms with Gasteiger partial charge in [0.2, 0.25) is 10.0 Å². The number of halogens is 2. The summed E-state index contributed by atoms with van der Waals surface area (Å²) in [5.74, 6) is 0. The lowest BCUT2D eigenvalue weighted by atomic mass is 10.3. The highest BCUT2D eigenvalue weighted by Crippen LogP contribution is 2.27. The van der Waals surface area contributed by atoms with Crippen molar-refractivity contribution >= 4 is 44.6 Å². The zero-order valence-electron chi connectivity index (χ0n) is 9.47. The van der Waals surface area contributed by atoms with Crippen LogP contribution in [0.15, 0.2) is 41.6 Å². The minimum atomic E-state index is -3.86. The first-order valence-electron chi connectivity index (χ1n) is 5.06. The SMILES string of the molecule is NS(=O)(=O)c1cnccc1Nc1cc(Cl)cc(Cl)c1. The summed E-state index contributed by atoms with van der Waals surface area (Å²) in [6, 6.07) is 6.29. The van der Waals surface area contributed by atoms with Crippen molar-refractivity contribution in [2.24, 2.45) is 5.14 Å². The van der Waals surface area contributed by atoms with Gasteiger partial charge in [0.05, 0.1) is 5.69 Å². The van der Waals surface area contributed by atoms with E-state index in [1.165, 1.54) is 18.5 Å². The fourth-order valence-corrected chi connectivity index (χ4v) is 2.65. The molecule has 0 aliphatic rings. The van der Waals surface area contributed by atoms with E-state index in [0.717, 1.165) is 0 Å². The average molecular weight is 318 g/mol. The summed E-state index contributed by atoms with van der Waals surface area (Å²) in [4.78, 5) is 3.63. The zero-order chi connectivity index (χ0) is 14.0. The molecule has 1 aromatic heterocycles. The second kappa shape index (κ2) is 5.34. The van der Waals surface area contributed by atoms with Crippen LogP contribution in [0.5, 0.6) is 0 Å². The molecule has 2 aromatic rings. The number of nitrogens with one attached hydrogen (secondary N) is 1. The van der Waals surface area contributed by atoms with Crippen LogP contribution in [0.3, 0.4) is 0 Å². The molecule has 8 heteroatoms. The van der Waals surface area contributed by atoms with E-state index in [2.05, 4.69) is 10.3 Å². The molecule has 5 nitrogen and oxygen atoms in total. The second-order valence-electron chi connectivity index (χ2n) is 3.70. The summed E-state index contributed by atoms with van der Waals surface area (Å²) in [5.41, 5.74) is 0.851. The number of aromatic nitrogens is 1. The Morgan fingerprint density at radius 3 is 2.37 bits per heavy atom.